The molecule has 0 aromatic rings. The van der Waals surface area contributed by atoms with Crippen LogP contribution in [-0.4, -0.2) is 12.4 Å². The quantitative estimate of drug-likeness (QED) is 0.720. The third kappa shape index (κ3) is 2.67. The fraction of sp³-hybridized carbons (Fsp3) is 0.867. The Balaban J connectivity index is 2.18. The van der Waals surface area contributed by atoms with Gasteiger partial charge in [-0.15, -0.1) is 0 Å². The maximum Gasteiger partial charge on any atom is 0.201 e. The Morgan fingerprint density at radius 1 is 1.41 bits per heavy atom. The molecular weight excluding hydrogens is 212 g/mol. The zero-order valence-electron chi connectivity index (χ0n) is 11.8. The lowest BCUT2D eigenvalue weighted by molar-refractivity contribution is -0.229. The molecule has 0 spiro atoms. The van der Waals surface area contributed by atoms with Crippen molar-refractivity contribution < 1.29 is 9.47 Å². The highest BCUT2D eigenvalue weighted by Gasteiger charge is 2.41. The van der Waals surface area contributed by atoms with Gasteiger partial charge in [0.2, 0.25) is 6.29 Å². The van der Waals surface area contributed by atoms with Crippen molar-refractivity contribution >= 4 is 0 Å². The monoisotopic (exact) mass is 238 g/mol. The zero-order chi connectivity index (χ0) is 12.6. The molecule has 1 aliphatic carbocycles. The van der Waals surface area contributed by atoms with Crippen LogP contribution in [0.3, 0.4) is 0 Å². The van der Waals surface area contributed by atoms with Crippen LogP contribution in [0.4, 0.5) is 0 Å². The molecule has 3 atom stereocenters. The molecule has 1 aliphatic heterocycles. The van der Waals surface area contributed by atoms with Gasteiger partial charge >= 0.3 is 0 Å². The molecule has 0 saturated carbocycles. The van der Waals surface area contributed by atoms with E-state index in [1.807, 2.05) is 0 Å². The highest BCUT2D eigenvalue weighted by Crippen LogP contribution is 2.44. The maximum absolute atomic E-state index is 6.10. The second-order valence-corrected chi connectivity index (χ2v) is 6.60. The average Bonchev–Trinajstić information content (AvgIpc) is 2.26. The van der Waals surface area contributed by atoms with E-state index in [0.717, 1.165) is 12.8 Å². The average molecular weight is 238 g/mol. The van der Waals surface area contributed by atoms with Crippen molar-refractivity contribution in [2.75, 3.05) is 0 Å². The molecule has 0 radical (unpaired) electrons. The van der Waals surface area contributed by atoms with Gasteiger partial charge in [0.05, 0.1) is 6.10 Å². The minimum absolute atomic E-state index is 0.0522. The van der Waals surface area contributed by atoms with E-state index in [4.69, 9.17) is 9.47 Å². The lowest BCUT2D eigenvalue weighted by Gasteiger charge is -2.45. The molecule has 2 heteroatoms. The van der Waals surface area contributed by atoms with Crippen molar-refractivity contribution in [1.82, 2.24) is 0 Å². The first kappa shape index (κ1) is 12.9. The van der Waals surface area contributed by atoms with Crippen LogP contribution in [0.5, 0.6) is 0 Å². The summed E-state index contributed by atoms with van der Waals surface area (Å²) in [6, 6.07) is 0. The SMILES string of the molecule is CCC1OC(C(C)C)OC2=CCC(C)(C)CC21. The number of allylic oxidation sites excluding steroid dienone is 1. The summed E-state index contributed by atoms with van der Waals surface area (Å²) < 4.78 is 12.1. The van der Waals surface area contributed by atoms with Crippen molar-refractivity contribution in [3.8, 4) is 0 Å². The predicted octanol–water partition coefficient (Wildman–Crippen LogP) is 4.11. The van der Waals surface area contributed by atoms with E-state index in [1.165, 1.54) is 12.2 Å². The Bertz CT molecular complexity index is 304. The minimum atomic E-state index is -0.0522. The van der Waals surface area contributed by atoms with Crippen LogP contribution >= 0.6 is 0 Å². The van der Waals surface area contributed by atoms with Gasteiger partial charge in [-0.3, -0.25) is 0 Å². The Labute approximate surface area is 105 Å². The number of rotatable bonds is 2. The molecular formula is C15H26O2. The number of hydrogen-bond donors (Lipinski definition) is 0. The van der Waals surface area contributed by atoms with Gasteiger partial charge in [-0.25, -0.2) is 0 Å². The topological polar surface area (TPSA) is 18.5 Å². The minimum Gasteiger partial charge on any atom is -0.469 e. The lowest BCUT2D eigenvalue weighted by atomic mass is 9.72. The van der Waals surface area contributed by atoms with E-state index in [9.17, 15) is 0 Å². The summed E-state index contributed by atoms with van der Waals surface area (Å²) in [6.07, 6.45) is 5.97. The Morgan fingerprint density at radius 3 is 2.71 bits per heavy atom. The number of fused-ring (bicyclic) bond motifs is 1. The second-order valence-electron chi connectivity index (χ2n) is 6.60. The standard InChI is InChI=1S/C15H26O2/c1-6-12-11-9-15(4,5)8-7-13(11)17-14(16-12)10(2)3/h7,10-12,14H,6,8-9H2,1-5H3. The van der Waals surface area contributed by atoms with Crippen molar-refractivity contribution in [3.05, 3.63) is 11.8 Å². The Hall–Kier alpha value is -0.500. The van der Waals surface area contributed by atoms with Crippen LogP contribution in [0.2, 0.25) is 0 Å². The summed E-state index contributed by atoms with van der Waals surface area (Å²) in [7, 11) is 0. The van der Waals surface area contributed by atoms with Crippen LogP contribution in [0.25, 0.3) is 0 Å². The van der Waals surface area contributed by atoms with E-state index in [1.54, 1.807) is 0 Å². The molecule has 2 nitrogen and oxygen atoms in total. The molecule has 1 saturated heterocycles. The molecule has 0 N–H and O–H groups in total. The van der Waals surface area contributed by atoms with E-state index < -0.39 is 0 Å². The number of ether oxygens (including phenoxy) is 2. The summed E-state index contributed by atoms with van der Waals surface area (Å²) in [5.41, 5.74) is 0.388. The Morgan fingerprint density at radius 2 is 2.12 bits per heavy atom. The third-order valence-electron chi connectivity index (χ3n) is 3.95. The summed E-state index contributed by atoms with van der Waals surface area (Å²) >= 11 is 0. The summed E-state index contributed by atoms with van der Waals surface area (Å²) in [6.45, 7) is 11.2. The molecule has 0 aromatic carbocycles. The molecule has 2 aliphatic rings. The van der Waals surface area contributed by atoms with Crippen molar-refractivity contribution in [2.24, 2.45) is 17.3 Å². The van der Waals surface area contributed by atoms with Gasteiger partial charge < -0.3 is 9.47 Å². The van der Waals surface area contributed by atoms with Crippen LogP contribution in [0.1, 0.15) is 53.9 Å². The van der Waals surface area contributed by atoms with Crippen molar-refractivity contribution in [2.45, 2.75) is 66.3 Å². The molecule has 1 heterocycles. The fourth-order valence-electron chi connectivity index (χ4n) is 2.86. The first-order chi connectivity index (χ1) is 7.93. The first-order valence-corrected chi connectivity index (χ1v) is 6.95. The molecule has 3 unspecified atom stereocenters. The molecule has 1 fully saturated rings. The second kappa shape index (κ2) is 4.64. The van der Waals surface area contributed by atoms with Gasteiger partial charge in [-0.05, 0) is 30.8 Å². The van der Waals surface area contributed by atoms with Gasteiger partial charge in [0.1, 0.15) is 5.76 Å². The molecule has 2 rings (SSSR count). The Kier molecular flexibility index (Phi) is 3.53. The summed E-state index contributed by atoms with van der Waals surface area (Å²) in [4.78, 5) is 0. The van der Waals surface area contributed by atoms with E-state index in [2.05, 4.69) is 40.7 Å². The van der Waals surface area contributed by atoms with Crippen molar-refractivity contribution in [1.29, 1.82) is 0 Å². The smallest absolute Gasteiger partial charge is 0.201 e. The third-order valence-corrected chi connectivity index (χ3v) is 3.95. The zero-order valence-corrected chi connectivity index (χ0v) is 11.8. The van der Waals surface area contributed by atoms with Gasteiger partial charge in [0.15, 0.2) is 0 Å². The summed E-state index contributed by atoms with van der Waals surface area (Å²) in [5, 5.41) is 0. The molecule has 17 heavy (non-hydrogen) atoms. The van der Waals surface area contributed by atoms with Gasteiger partial charge in [-0.1, -0.05) is 34.6 Å². The van der Waals surface area contributed by atoms with Crippen LogP contribution in [-0.2, 0) is 9.47 Å². The molecule has 0 amide bonds. The predicted molar refractivity (Wildman–Crippen MR) is 69.5 cm³/mol. The fourth-order valence-corrected chi connectivity index (χ4v) is 2.86. The van der Waals surface area contributed by atoms with E-state index in [-0.39, 0.29) is 6.29 Å². The largest absolute Gasteiger partial charge is 0.469 e. The van der Waals surface area contributed by atoms with Crippen LogP contribution < -0.4 is 0 Å². The maximum atomic E-state index is 6.10. The van der Waals surface area contributed by atoms with Crippen molar-refractivity contribution in [3.63, 3.8) is 0 Å². The van der Waals surface area contributed by atoms with Crippen LogP contribution in [0.15, 0.2) is 11.8 Å². The summed E-state index contributed by atoms with van der Waals surface area (Å²) in [5.74, 6) is 2.08. The van der Waals surface area contributed by atoms with E-state index in [0.29, 0.717) is 23.4 Å². The highest BCUT2D eigenvalue weighted by atomic mass is 16.7. The van der Waals surface area contributed by atoms with Gasteiger partial charge in [0.25, 0.3) is 0 Å². The normalized spacial score (nSPS) is 36.1. The van der Waals surface area contributed by atoms with Gasteiger partial charge in [-0.2, -0.15) is 0 Å². The molecule has 0 bridgehead atoms. The molecule has 0 aromatic heterocycles. The van der Waals surface area contributed by atoms with Crippen LogP contribution in [0, 0.1) is 17.3 Å². The van der Waals surface area contributed by atoms with Gasteiger partial charge in [0, 0.05) is 11.8 Å². The highest BCUT2D eigenvalue weighted by molar-refractivity contribution is 5.11. The number of hydrogen-bond acceptors (Lipinski definition) is 2. The lowest BCUT2D eigenvalue weighted by Crippen LogP contribution is -2.43. The first-order valence-electron chi connectivity index (χ1n) is 6.95. The molecule has 98 valence electrons. The van der Waals surface area contributed by atoms with E-state index >= 15 is 0 Å².